The maximum absolute atomic E-state index is 12.9. The summed E-state index contributed by atoms with van der Waals surface area (Å²) in [7, 11) is -0.406. The lowest BCUT2D eigenvalue weighted by atomic mass is 9.74. The maximum atomic E-state index is 12.9. The number of carbonyl (C=O) groups is 4. The third-order valence-electron chi connectivity index (χ3n) is 11.3. The second-order valence-corrected chi connectivity index (χ2v) is 18.7. The number of aromatic nitrogens is 4. The van der Waals surface area contributed by atoms with Gasteiger partial charge in [0.1, 0.15) is 5.15 Å². The lowest BCUT2D eigenvalue weighted by Gasteiger charge is -2.25. The van der Waals surface area contributed by atoms with Crippen molar-refractivity contribution in [2.75, 3.05) is 10.6 Å². The average molecular weight is 887 g/mol. The van der Waals surface area contributed by atoms with Gasteiger partial charge in [-0.2, -0.15) is 0 Å². The number of pyridine rings is 2. The van der Waals surface area contributed by atoms with Crippen LogP contribution in [0.4, 0.5) is 10.3 Å². The minimum atomic E-state index is -0.166. The van der Waals surface area contributed by atoms with Crippen LogP contribution in [0.1, 0.15) is 102 Å². The molecular formula is C40H50B3ClN8O7S2. The van der Waals surface area contributed by atoms with Crippen LogP contribution >= 0.6 is 34.3 Å². The summed E-state index contributed by atoms with van der Waals surface area (Å²) < 4.78 is 15.3. The van der Waals surface area contributed by atoms with Crippen molar-refractivity contribution in [3.63, 3.8) is 0 Å². The lowest BCUT2D eigenvalue weighted by molar-refractivity contribution is -0.115. The highest BCUT2D eigenvalue weighted by atomic mass is 35.5. The van der Waals surface area contributed by atoms with Crippen LogP contribution in [0.5, 0.6) is 0 Å². The van der Waals surface area contributed by atoms with E-state index in [4.69, 9.17) is 25.3 Å². The largest absolute Gasteiger partial charge is 0.453 e. The first kappa shape index (κ1) is 44.8. The Balaban J connectivity index is 0.000000153. The third kappa shape index (κ3) is 10.2. The molecule has 0 unspecified atom stereocenters. The maximum Gasteiger partial charge on any atom is 0.426 e. The van der Waals surface area contributed by atoms with E-state index in [0.717, 1.165) is 49.2 Å². The Morgan fingerprint density at radius 3 is 1.49 bits per heavy atom. The predicted molar refractivity (Wildman–Crippen MR) is 241 cm³/mol. The predicted octanol–water partition coefficient (Wildman–Crippen LogP) is 7.82. The van der Waals surface area contributed by atoms with E-state index in [1.807, 2.05) is 63.2 Å². The molecule has 4 aromatic rings. The minimum Gasteiger partial charge on any atom is -0.453 e. The van der Waals surface area contributed by atoms with E-state index in [2.05, 4.69) is 44.4 Å². The Bertz CT molecular complexity index is 2200. The number of amides is 4. The van der Waals surface area contributed by atoms with Gasteiger partial charge in [-0.25, -0.2) is 15.0 Å². The van der Waals surface area contributed by atoms with E-state index in [-0.39, 0.29) is 62.2 Å². The van der Waals surface area contributed by atoms with Crippen molar-refractivity contribution >= 4 is 89.5 Å². The monoisotopic (exact) mass is 886 g/mol. The highest BCUT2D eigenvalue weighted by molar-refractivity contribution is 7.19. The number of thiazole rings is 2. The zero-order chi connectivity index (χ0) is 44.0. The van der Waals surface area contributed by atoms with Gasteiger partial charge in [0, 0.05) is 39.0 Å². The highest BCUT2D eigenvalue weighted by Crippen LogP contribution is 2.42. The number of anilines is 2. The van der Waals surface area contributed by atoms with Crippen molar-refractivity contribution in [3.05, 3.63) is 56.6 Å². The Kier molecular flexibility index (Phi) is 13.4. The number of halogens is 1. The zero-order valence-corrected chi connectivity index (χ0v) is 38.6. The molecule has 4 amide bonds. The standard InChI is InChI=1S/C19H22N4O2S.C18H19ClN4O2S.C3H9B3O3/c1-9-16-14(8-23(18(16)25)11(3)13-5-6-13)7-15(20-9)17-10(2)21-19(26-17)22-12(4)24;1-8-15(26-18(20-8)21-10(3)24)13-6-12-7-23(9(2)11-4-5-11)17(25)14(12)16(19)22-13;1-4-7-5(2)9-6(3)8-4/h7,11,13H,5-6,8H2,1-4H3,(H,21,22,24);6,9,11H,4-5,7H2,1-3H3,(H,20,21,24);1-3H3/t11-;9-;/m00./s1. The molecule has 1 saturated heterocycles. The number of rotatable bonds is 8. The molecule has 0 radical (unpaired) electrons. The van der Waals surface area contributed by atoms with Gasteiger partial charge in [-0.05, 0) is 116 Å². The fourth-order valence-corrected chi connectivity index (χ4v) is 10.2. The second-order valence-electron chi connectivity index (χ2n) is 16.3. The van der Waals surface area contributed by atoms with Crippen molar-refractivity contribution in [2.45, 2.75) is 120 Å². The van der Waals surface area contributed by atoms with Crippen molar-refractivity contribution in [3.8, 4) is 21.1 Å². The molecule has 21 heteroatoms. The summed E-state index contributed by atoms with van der Waals surface area (Å²) in [4.78, 5) is 71.7. The van der Waals surface area contributed by atoms with Crippen molar-refractivity contribution in [1.82, 2.24) is 29.7 Å². The Morgan fingerprint density at radius 1 is 0.689 bits per heavy atom. The molecule has 3 fully saturated rings. The number of aryl methyl sites for hydroxylation is 3. The van der Waals surface area contributed by atoms with Crippen LogP contribution < -0.4 is 10.6 Å². The molecule has 2 N–H and O–H groups in total. The van der Waals surface area contributed by atoms with Crippen LogP contribution in [0.25, 0.3) is 21.1 Å². The summed E-state index contributed by atoms with van der Waals surface area (Å²) in [5.74, 6) is 1.02. The van der Waals surface area contributed by atoms with Crippen molar-refractivity contribution in [1.29, 1.82) is 0 Å². The quantitative estimate of drug-likeness (QED) is 0.130. The highest BCUT2D eigenvalue weighted by Gasteiger charge is 2.41. The van der Waals surface area contributed by atoms with Crippen LogP contribution in [0, 0.1) is 32.6 Å². The lowest BCUT2D eigenvalue weighted by Crippen LogP contribution is -2.44. The summed E-state index contributed by atoms with van der Waals surface area (Å²) in [6, 6.07) is 4.45. The van der Waals surface area contributed by atoms with E-state index < -0.39 is 0 Å². The molecular weight excluding hydrogens is 837 g/mol. The molecule has 61 heavy (non-hydrogen) atoms. The van der Waals surface area contributed by atoms with Crippen LogP contribution in [0.3, 0.4) is 0 Å². The van der Waals surface area contributed by atoms with E-state index in [0.29, 0.717) is 46.4 Å². The number of carbonyl (C=O) groups excluding carboxylic acids is 4. The van der Waals surface area contributed by atoms with Gasteiger partial charge >= 0.3 is 21.4 Å². The van der Waals surface area contributed by atoms with Crippen molar-refractivity contribution < 1.29 is 32.9 Å². The van der Waals surface area contributed by atoms with E-state index in [1.54, 1.807) is 0 Å². The summed E-state index contributed by atoms with van der Waals surface area (Å²) >= 11 is 9.15. The topological polar surface area (TPSA) is 178 Å². The minimum absolute atomic E-state index is 0.0246. The first-order chi connectivity index (χ1) is 28.9. The van der Waals surface area contributed by atoms with Gasteiger partial charge in [-0.3, -0.25) is 24.2 Å². The molecule has 5 aliphatic rings. The average Bonchev–Trinajstić information content (AvgIpc) is 4.07. The molecule has 3 aliphatic heterocycles. The fraction of sp³-hybridized carbons (Fsp3) is 0.500. The van der Waals surface area contributed by atoms with Crippen LogP contribution in [-0.4, -0.2) is 86.8 Å². The number of nitrogens with one attached hydrogen (secondary N) is 2. The summed E-state index contributed by atoms with van der Waals surface area (Å²) in [5.41, 5.74) is 7.10. The van der Waals surface area contributed by atoms with Gasteiger partial charge < -0.3 is 34.1 Å². The number of nitrogens with zero attached hydrogens (tertiary/aromatic N) is 6. The summed E-state index contributed by atoms with van der Waals surface area (Å²) in [5, 5.41) is 6.77. The molecule has 0 spiro atoms. The smallest absolute Gasteiger partial charge is 0.426 e. The van der Waals surface area contributed by atoms with Crippen LogP contribution in [-0.2, 0) is 36.4 Å². The third-order valence-corrected chi connectivity index (χ3v) is 13.8. The second kappa shape index (κ2) is 18.3. The first-order valence-corrected chi connectivity index (χ1v) is 22.7. The van der Waals surface area contributed by atoms with Crippen LogP contribution in [0.2, 0.25) is 25.6 Å². The van der Waals surface area contributed by atoms with Gasteiger partial charge in [-0.15, -0.1) is 0 Å². The Morgan fingerprint density at radius 2 is 1.08 bits per heavy atom. The first-order valence-electron chi connectivity index (χ1n) is 20.7. The zero-order valence-electron chi connectivity index (χ0n) is 36.2. The van der Waals surface area contributed by atoms with Gasteiger partial charge in [-0.1, -0.05) is 34.3 Å². The molecule has 7 heterocycles. The molecule has 0 bridgehead atoms. The SMILES string of the molecule is CB1OB(C)OB(C)O1.CC(=O)Nc1nc(C)c(-c2cc3c(c(C)n2)C(=O)N([C@@H](C)C2CC2)C3)s1.CC(=O)Nc1nc(C)c(-c2cc3c(c(Cl)n2)C(=O)N([C@@H](C)C2CC2)C3)s1. The molecule has 0 aromatic carbocycles. The van der Waals surface area contributed by atoms with Gasteiger partial charge in [0.05, 0.1) is 49.4 Å². The number of hydrogen-bond acceptors (Lipinski definition) is 13. The number of hydrogen-bond donors (Lipinski definition) is 2. The van der Waals surface area contributed by atoms with Crippen molar-refractivity contribution in [2.24, 2.45) is 11.8 Å². The van der Waals surface area contributed by atoms with Gasteiger partial charge in [0.15, 0.2) is 10.3 Å². The molecule has 2 saturated carbocycles. The number of fused-ring (bicyclic) bond motifs is 2. The Labute approximate surface area is 370 Å². The molecule has 9 rings (SSSR count). The fourth-order valence-electron chi connectivity index (χ4n) is 8.01. The Hall–Kier alpha value is -4.20. The summed E-state index contributed by atoms with van der Waals surface area (Å²) in [6.07, 6.45) is 4.81. The molecule has 2 aliphatic carbocycles. The van der Waals surface area contributed by atoms with Crippen LogP contribution in [0.15, 0.2) is 12.1 Å². The van der Waals surface area contributed by atoms with E-state index in [1.165, 1.54) is 62.2 Å². The van der Waals surface area contributed by atoms with E-state index in [9.17, 15) is 19.2 Å². The van der Waals surface area contributed by atoms with Gasteiger partial charge in [0.2, 0.25) is 11.8 Å². The molecule has 15 nitrogen and oxygen atoms in total. The van der Waals surface area contributed by atoms with Gasteiger partial charge in [0.25, 0.3) is 11.8 Å². The molecule has 4 aromatic heterocycles. The van der Waals surface area contributed by atoms with E-state index >= 15 is 0 Å². The summed E-state index contributed by atoms with van der Waals surface area (Å²) in [6.45, 7) is 19.6. The molecule has 320 valence electrons. The normalized spacial score (nSPS) is 17.9. The molecule has 2 atom stereocenters.